The van der Waals surface area contributed by atoms with Gasteiger partial charge >= 0.3 is 12.2 Å². The molecular weight excluding hydrogens is 472 g/mol. The zero-order chi connectivity index (χ0) is 26.3. The van der Waals surface area contributed by atoms with Gasteiger partial charge in [0, 0.05) is 30.8 Å². The highest BCUT2D eigenvalue weighted by Gasteiger charge is 2.39. The normalized spacial score (nSPS) is 16.3. The van der Waals surface area contributed by atoms with E-state index in [0.29, 0.717) is 34.8 Å². The number of fused-ring (bicyclic) bond motifs is 1. The number of hydrazine groups is 1. The molecule has 2 heterocycles. The van der Waals surface area contributed by atoms with E-state index >= 15 is 0 Å². The Morgan fingerprint density at radius 3 is 2.49 bits per heavy atom. The van der Waals surface area contributed by atoms with Crippen LogP contribution in [0.5, 0.6) is 0 Å². The van der Waals surface area contributed by atoms with Crippen LogP contribution in [0.3, 0.4) is 0 Å². The number of amides is 3. The van der Waals surface area contributed by atoms with E-state index in [0.717, 1.165) is 0 Å². The molecule has 35 heavy (non-hydrogen) atoms. The van der Waals surface area contributed by atoms with Crippen LogP contribution in [0.4, 0.5) is 28.0 Å². The summed E-state index contributed by atoms with van der Waals surface area (Å²) in [6.45, 7) is 5.55. The summed E-state index contributed by atoms with van der Waals surface area (Å²) in [5, 5.41) is 7.22. The van der Waals surface area contributed by atoms with Gasteiger partial charge in [0.2, 0.25) is 6.41 Å². The summed E-state index contributed by atoms with van der Waals surface area (Å²) < 4.78 is 54.4. The summed E-state index contributed by atoms with van der Waals surface area (Å²) in [5.74, 6) is -0.946. The van der Waals surface area contributed by atoms with Crippen LogP contribution in [0.15, 0.2) is 34.6 Å². The SMILES string of the molecule is CC1=C2CC(c3cc(F)c(C(F)(F)F)cc3NC(=O)NC=O)=CN=C2N(C)N1OC(C)(C)N(C)C. The summed E-state index contributed by atoms with van der Waals surface area (Å²) in [6.07, 6.45) is -3.34. The molecule has 0 spiro atoms. The van der Waals surface area contributed by atoms with Crippen LogP contribution in [-0.4, -0.2) is 60.2 Å². The van der Waals surface area contributed by atoms with Crippen LogP contribution in [0.25, 0.3) is 5.57 Å². The van der Waals surface area contributed by atoms with Crippen molar-refractivity contribution < 1.29 is 32.0 Å². The number of imide groups is 1. The third-order valence-corrected chi connectivity index (χ3v) is 5.87. The minimum absolute atomic E-state index is 0.00436. The Balaban J connectivity index is 2.03. The maximum Gasteiger partial charge on any atom is 0.419 e. The monoisotopic (exact) mass is 498 g/mol. The number of hydrogen-bond donors (Lipinski definition) is 2. The van der Waals surface area contributed by atoms with Gasteiger partial charge in [-0.3, -0.25) is 15.0 Å². The molecule has 1 aromatic rings. The number of hydroxylamine groups is 1. The van der Waals surface area contributed by atoms with Gasteiger partial charge in [-0.2, -0.15) is 18.3 Å². The van der Waals surface area contributed by atoms with E-state index < -0.39 is 29.3 Å². The van der Waals surface area contributed by atoms with Gasteiger partial charge in [-0.1, -0.05) is 0 Å². The van der Waals surface area contributed by atoms with Gasteiger partial charge in [0.15, 0.2) is 5.84 Å². The van der Waals surface area contributed by atoms with Crippen molar-refractivity contribution in [3.05, 3.63) is 46.5 Å². The molecular formula is C22H26F4N6O3. The molecule has 0 unspecified atom stereocenters. The fourth-order valence-corrected chi connectivity index (χ4v) is 3.49. The summed E-state index contributed by atoms with van der Waals surface area (Å²) in [5.41, 5.74) is -0.802. The fraction of sp³-hybridized carbons (Fsp3) is 0.409. The maximum absolute atomic E-state index is 14.5. The van der Waals surface area contributed by atoms with E-state index in [1.54, 1.807) is 29.5 Å². The number of hydrogen-bond acceptors (Lipinski definition) is 7. The molecule has 9 nitrogen and oxygen atoms in total. The van der Waals surface area contributed by atoms with E-state index in [1.807, 2.05) is 32.8 Å². The summed E-state index contributed by atoms with van der Waals surface area (Å²) in [6, 6.07) is 0.124. The summed E-state index contributed by atoms with van der Waals surface area (Å²) in [4.78, 5) is 34.9. The average Bonchev–Trinajstić information content (AvgIpc) is 2.98. The number of carbonyl (C=O) groups excluding carboxylic acids is 2. The van der Waals surface area contributed by atoms with E-state index in [-0.39, 0.29) is 24.1 Å². The lowest BCUT2D eigenvalue weighted by atomic mass is 9.93. The third-order valence-electron chi connectivity index (χ3n) is 5.87. The first-order chi connectivity index (χ1) is 16.2. The van der Waals surface area contributed by atoms with Crippen molar-refractivity contribution in [1.82, 2.24) is 20.4 Å². The second-order valence-electron chi connectivity index (χ2n) is 8.67. The van der Waals surface area contributed by atoms with Gasteiger partial charge < -0.3 is 5.32 Å². The van der Waals surface area contributed by atoms with Crippen LogP contribution in [0.1, 0.15) is 38.3 Å². The predicted molar refractivity (Wildman–Crippen MR) is 121 cm³/mol. The number of amidine groups is 1. The second kappa shape index (κ2) is 9.30. The van der Waals surface area contributed by atoms with Gasteiger partial charge in [-0.05, 0) is 52.6 Å². The number of anilines is 1. The van der Waals surface area contributed by atoms with Crippen LogP contribution < -0.4 is 10.6 Å². The zero-order valence-electron chi connectivity index (χ0n) is 20.0. The smallest absolute Gasteiger partial charge is 0.307 e. The summed E-state index contributed by atoms with van der Waals surface area (Å²) in [7, 11) is 5.46. The van der Waals surface area contributed by atoms with Gasteiger partial charge in [-0.15, -0.1) is 0 Å². The number of benzene rings is 1. The van der Waals surface area contributed by atoms with Crippen molar-refractivity contribution >= 4 is 29.5 Å². The average molecular weight is 498 g/mol. The van der Waals surface area contributed by atoms with E-state index in [9.17, 15) is 27.2 Å². The maximum atomic E-state index is 14.5. The Labute approximate surface area is 199 Å². The number of halogens is 4. The third kappa shape index (κ3) is 5.15. The number of rotatable bonds is 6. The summed E-state index contributed by atoms with van der Waals surface area (Å²) >= 11 is 0. The molecule has 2 aliphatic heterocycles. The van der Waals surface area contributed by atoms with Crippen LogP contribution in [0.2, 0.25) is 0 Å². The molecule has 0 fully saturated rings. The molecule has 0 atom stereocenters. The van der Waals surface area contributed by atoms with E-state index in [4.69, 9.17) is 4.84 Å². The van der Waals surface area contributed by atoms with Gasteiger partial charge in [-0.25, -0.2) is 24.0 Å². The second-order valence-corrected chi connectivity index (χ2v) is 8.67. The van der Waals surface area contributed by atoms with E-state index in [1.165, 1.54) is 6.20 Å². The Kier molecular flexibility index (Phi) is 6.95. The highest BCUT2D eigenvalue weighted by Crippen LogP contribution is 2.41. The van der Waals surface area contributed by atoms with Crippen molar-refractivity contribution in [2.45, 2.75) is 39.1 Å². The van der Waals surface area contributed by atoms with Crippen molar-refractivity contribution in [1.29, 1.82) is 0 Å². The Morgan fingerprint density at radius 1 is 1.26 bits per heavy atom. The van der Waals surface area contributed by atoms with Gasteiger partial charge in [0.05, 0.1) is 16.9 Å². The number of urea groups is 1. The molecule has 0 aromatic heterocycles. The quantitative estimate of drug-likeness (QED) is 0.351. The lowest BCUT2D eigenvalue weighted by molar-refractivity contribution is -0.313. The highest BCUT2D eigenvalue weighted by molar-refractivity contribution is 6.05. The van der Waals surface area contributed by atoms with Crippen LogP contribution in [0, 0.1) is 5.82 Å². The first-order valence-corrected chi connectivity index (χ1v) is 10.5. The molecule has 2 N–H and O–H groups in total. The number of allylic oxidation sites excluding steroid dienone is 2. The largest absolute Gasteiger partial charge is 0.419 e. The Hall–Kier alpha value is -3.45. The van der Waals surface area contributed by atoms with Crippen molar-refractivity contribution in [2.24, 2.45) is 4.99 Å². The molecule has 0 saturated heterocycles. The Morgan fingerprint density at radius 2 is 1.91 bits per heavy atom. The van der Waals surface area contributed by atoms with E-state index in [2.05, 4.69) is 10.3 Å². The van der Waals surface area contributed by atoms with Crippen LogP contribution >= 0.6 is 0 Å². The molecule has 0 aliphatic carbocycles. The lowest BCUT2D eigenvalue weighted by Gasteiger charge is -2.39. The molecule has 1 aromatic carbocycles. The molecule has 3 rings (SSSR count). The number of aliphatic imine (C=N–C) groups is 1. The lowest BCUT2D eigenvalue weighted by Crippen LogP contribution is -2.49. The van der Waals surface area contributed by atoms with Crippen molar-refractivity contribution in [3.8, 4) is 0 Å². The zero-order valence-corrected chi connectivity index (χ0v) is 20.0. The molecule has 0 radical (unpaired) electrons. The fourth-order valence-electron chi connectivity index (χ4n) is 3.49. The van der Waals surface area contributed by atoms with Crippen molar-refractivity contribution in [3.63, 3.8) is 0 Å². The van der Waals surface area contributed by atoms with Crippen molar-refractivity contribution in [2.75, 3.05) is 26.5 Å². The molecule has 190 valence electrons. The highest BCUT2D eigenvalue weighted by atomic mass is 19.4. The first kappa shape index (κ1) is 26.2. The topological polar surface area (TPSA) is 89.5 Å². The predicted octanol–water partition coefficient (Wildman–Crippen LogP) is 3.93. The Bertz CT molecular complexity index is 1140. The standard InChI is InChI=1S/C22H26F4N6O3/c1-12-14-7-13(10-27-19(14)31(6)32(12)35-21(2,3)30(4)5)15-8-17(23)16(22(24,25)26)9-18(15)29-20(34)28-11-33/h8-11H,7H2,1-6H3,(H2,28,29,33,34). The van der Waals surface area contributed by atoms with Gasteiger partial charge in [0.1, 0.15) is 11.5 Å². The number of likely N-dealkylation sites (N-methyl/N-ethyl adjacent to an activating group) is 1. The number of nitrogens with one attached hydrogen (secondary N) is 2. The minimum atomic E-state index is -4.99. The molecule has 13 heteroatoms. The molecule has 3 amide bonds. The number of alkyl halides is 3. The van der Waals surface area contributed by atoms with Crippen LogP contribution in [-0.2, 0) is 15.8 Å². The minimum Gasteiger partial charge on any atom is -0.307 e. The number of nitrogens with zero attached hydrogens (tertiary/aromatic N) is 4. The van der Waals surface area contributed by atoms with Gasteiger partial charge in [0.25, 0.3) is 0 Å². The molecule has 2 aliphatic rings. The molecule has 0 bridgehead atoms. The first-order valence-electron chi connectivity index (χ1n) is 10.5. The molecule has 0 saturated carbocycles. The number of carbonyl (C=O) groups is 2.